The molecule has 3 N–H and O–H groups in total. The van der Waals surface area contributed by atoms with E-state index in [1.807, 2.05) is 6.07 Å². The van der Waals surface area contributed by atoms with Gasteiger partial charge in [0.05, 0.1) is 0 Å². The van der Waals surface area contributed by atoms with Crippen molar-refractivity contribution in [1.29, 1.82) is 0 Å². The summed E-state index contributed by atoms with van der Waals surface area (Å²) in [6, 6.07) is 7.69. The lowest BCUT2D eigenvalue weighted by atomic mass is 10.1. The predicted molar refractivity (Wildman–Crippen MR) is 69.8 cm³/mol. The highest BCUT2D eigenvalue weighted by atomic mass is 32.2. The third-order valence-electron chi connectivity index (χ3n) is 2.78. The van der Waals surface area contributed by atoms with E-state index in [1.54, 1.807) is 24.3 Å². The van der Waals surface area contributed by atoms with Crippen molar-refractivity contribution in [3.05, 3.63) is 35.9 Å². The Morgan fingerprint density at radius 3 is 2.47 bits per heavy atom. The van der Waals surface area contributed by atoms with Crippen LogP contribution in [-0.4, -0.2) is 31.6 Å². The highest BCUT2D eigenvalue weighted by Crippen LogP contribution is 2.19. The Bertz CT molecular complexity index is 540. The van der Waals surface area contributed by atoms with Crippen LogP contribution < -0.4 is 9.44 Å². The predicted octanol–water partition coefficient (Wildman–Crippen LogP) is 0.269. The molecular formula is C12H16N2O4S. The van der Waals surface area contributed by atoms with Crippen molar-refractivity contribution in [2.75, 3.05) is 0 Å². The maximum atomic E-state index is 11.7. The van der Waals surface area contributed by atoms with Gasteiger partial charge in [-0.25, -0.2) is 0 Å². The lowest BCUT2D eigenvalue weighted by Gasteiger charge is -2.15. The Labute approximate surface area is 112 Å². The number of aliphatic carboxylic acids is 1. The van der Waals surface area contributed by atoms with Crippen LogP contribution in [0.2, 0.25) is 0 Å². The molecule has 7 heteroatoms. The zero-order valence-corrected chi connectivity index (χ0v) is 11.1. The van der Waals surface area contributed by atoms with Gasteiger partial charge in [-0.15, -0.1) is 0 Å². The molecule has 0 spiro atoms. The summed E-state index contributed by atoms with van der Waals surface area (Å²) in [6.45, 7) is 0. The summed E-state index contributed by atoms with van der Waals surface area (Å²) in [5.41, 5.74) is 0.768. The van der Waals surface area contributed by atoms with Gasteiger partial charge in [-0.05, 0) is 24.8 Å². The molecule has 0 amide bonds. The van der Waals surface area contributed by atoms with Crippen LogP contribution in [0.15, 0.2) is 30.3 Å². The fourth-order valence-electron chi connectivity index (χ4n) is 1.67. The Morgan fingerprint density at radius 1 is 1.32 bits per heavy atom. The van der Waals surface area contributed by atoms with Gasteiger partial charge in [-0.1, -0.05) is 30.3 Å². The molecule has 1 aliphatic carbocycles. The van der Waals surface area contributed by atoms with Crippen LogP contribution in [0.3, 0.4) is 0 Å². The summed E-state index contributed by atoms with van der Waals surface area (Å²) < 4.78 is 28.0. The van der Waals surface area contributed by atoms with Gasteiger partial charge >= 0.3 is 5.97 Å². The third-order valence-corrected chi connectivity index (χ3v) is 4.02. The van der Waals surface area contributed by atoms with Crippen LogP contribution in [0, 0.1) is 0 Å². The van der Waals surface area contributed by atoms with Gasteiger partial charge in [0.2, 0.25) is 0 Å². The number of carboxylic acid groups (broad SMARTS) is 1. The summed E-state index contributed by atoms with van der Waals surface area (Å²) in [7, 11) is -3.76. The molecule has 2 rings (SSSR count). The van der Waals surface area contributed by atoms with Crippen LogP contribution in [0.25, 0.3) is 0 Å². The molecule has 1 aromatic rings. The van der Waals surface area contributed by atoms with Crippen molar-refractivity contribution in [3.8, 4) is 0 Å². The number of nitrogens with one attached hydrogen (secondary N) is 2. The molecule has 0 aliphatic heterocycles. The van der Waals surface area contributed by atoms with Gasteiger partial charge in [0.25, 0.3) is 10.2 Å². The first-order chi connectivity index (χ1) is 8.96. The second kappa shape index (κ2) is 5.68. The first-order valence-corrected chi connectivity index (χ1v) is 7.51. The molecule has 1 fully saturated rings. The van der Waals surface area contributed by atoms with E-state index in [4.69, 9.17) is 5.11 Å². The lowest BCUT2D eigenvalue weighted by molar-refractivity contribution is -0.138. The van der Waals surface area contributed by atoms with E-state index in [1.165, 1.54) is 0 Å². The van der Waals surface area contributed by atoms with Crippen molar-refractivity contribution < 1.29 is 18.3 Å². The van der Waals surface area contributed by atoms with Crippen LogP contribution in [0.1, 0.15) is 18.4 Å². The van der Waals surface area contributed by atoms with E-state index in [0.717, 1.165) is 18.4 Å². The smallest absolute Gasteiger partial charge is 0.322 e. The minimum Gasteiger partial charge on any atom is -0.480 e. The molecular weight excluding hydrogens is 268 g/mol. The Kier molecular flexibility index (Phi) is 4.18. The monoisotopic (exact) mass is 284 g/mol. The third kappa shape index (κ3) is 4.62. The lowest BCUT2D eigenvalue weighted by Crippen LogP contribution is -2.48. The summed E-state index contributed by atoms with van der Waals surface area (Å²) in [5, 5.41) is 9.09. The highest BCUT2D eigenvalue weighted by Gasteiger charge is 2.30. The first kappa shape index (κ1) is 14.0. The van der Waals surface area contributed by atoms with Gasteiger partial charge in [0.15, 0.2) is 0 Å². The Hall–Kier alpha value is -1.44. The van der Waals surface area contributed by atoms with E-state index < -0.39 is 22.2 Å². The molecule has 1 saturated carbocycles. The van der Waals surface area contributed by atoms with Crippen molar-refractivity contribution in [1.82, 2.24) is 9.44 Å². The van der Waals surface area contributed by atoms with Gasteiger partial charge in [0, 0.05) is 6.04 Å². The van der Waals surface area contributed by atoms with Crippen LogP contribution in [0.4, 0.5) is 0 Å². The van der Waals surface area contributed by atoms with E-state index in [0.29, 0.717) is 0 Å². The molecule has 6 nitrogen and oxygen atoms in total. The molecule has 104 valence electrons. The van der Waals surface area contributed by atoms with Crippen molar-refractivity contribution in [2.45, 2.75) is 31.3 Å². The molecule has 0 unspecified atom stereocenters. The van der Waals surface area contributed by atoms with E-state index >= 15 is 0 Å². The number of carboxylic acids is 1. The SMILES string of the molecule is O=C(O)[C@H](Cc1ccccc1)NS(=O)(=O)NC1CC1. The topological polar surface area (TPSA) is 95.5 Å². The van der Waals surface area contributed by atoms with Gasteiger partial charge in [-0.2, -0.15) is 17.9 Å². The fourth-order valence-corrected chi connectivity index (χ4v) is 2.97. The van der Waals surface area contributed by atoms with Crippen molar-refractivity contribution in [3.63, 3.8) is 0 Å². The number of hydrogen-bond acceptors (Lipinski definition) is 3. The second-order valence-corrected chi connectivity index (χ2v) is 6.07. The van der Waals surface area contributed by atoms with Crippen molar-refractivity contribution in [2.24, 2.45) is 0 Å². The summed E-state index contributed by atoms with van der Waals surface area (Å²) >= 11 is 0. The number of hydrogen-bond donors (Lipinski definition) is 3. The molecule has 1 aliphatic rings. The van der Waals surface area contributed by atoms with E-state index in [9.17, 15) is 13.2 Å². The Balaban J connectivity index is 2.01. The zero-order chi connectivity index (χ0) is 13.9. The maximum absolute atomic E-state index is 11.7. The molecule has 0 radical (unpaired) electrons. The number of benzene rings is 1. The first-order valence-electron chi connectivity index (χ1n) is 6.02. The number of carbonyl (C=O) groups is 1. The average molecular weight is 284 g/mol. The van der Waals surface area contributed by atoms with Gasteiger partial charge < -0.3 is 5.11 Å². The normalized spacial score (nSPS) is 17.1. The van der Waals surface area contributed by atoms with Crippen LogP contribution in [-0.2, 0) is 21.4 Å². The molecule has 0 aromatic heterocycles. The summed E-state index contributed by atoms with van der Waals surface area (Å²) in [4.78, 5) is 11.1. The quantitative estimate of drug-likeness (QED) is 0.669. The molecule has 0 heterocycles. The Morgan fingerprint density at radius 2 is 1.95 bits per heavy atom. The fraction of sp³-hybridized carbons (Fsp3) is 0.417. The average Bonchev–Trinajstić information content (AvgIpc) is 3.12. The molecule has 1 aromatic carbocycles. The zero-order valence-electron chi connectivity index (χ0n) is 10.2. The largest absolute Gasteiger partial charge is 0.480 e. The van der Waals surface area contributed by atoms with Crippen molar-refractivity contribution >= 4 is 16.2 Å². The standard InChI is InChI=1S/C12H16N2O4S/c15-12(16)11(8-9-4-2-1-3-5-9)14-19(17,18)13-10-6-7-10/h1-5,10-11,13-14H,6-8H2,(H,15,16)/t11-/m0/s1. The van der Waals surface area contributed by atoms with Crippen LogP contribution >= 0.6 is 0 Å². The second-order valence-electron chi connectivity index (χ2n) is 4.59. The van der Waals surface area contributed by atoms with Gasteiger partial charge in [-0.3, -0.25) is 4.79 Å². The number of rotatable bonds is 7. The van der Waals surface area contributed by atoms with Gasteiger partial charge in [0.1, 0.15) is 6.04 Å². The van der Waals surface area contributed by atoms with E-state index in [2.05, 4.69) is 9.44 Å². The molecule has 19 heavy (non-hydrogen) atoms. The van der Waals surface area contributed by atoms with E-state index in [-0.39, 0.29) is 12.5 Å². The molecule has 0 saturated heterocycles. The summed E-state index contributed by atoms with van der Waals surface area (Å²) in [6.07, 6.45) is 1.72. The maximum Gasteiger partial charge on any atom is 0.322 e. The van der Waals surface area contributed by atoms with Crippen LogP contribution in [0.5, 0.6) is 0 Å². The summed E-state index contributed by atoms with van der Waals surface area (Å²) in [5.74, 6) is -1.19. The highest BCUT2D eigenvalue weighted by molar-refractivity contribution is 7.87. The molecule has 1 atom stereocenters. The minimum absolute atomic E-state index is 0.0522. The minimum atomic E-state index is -3.76. The molecule has 0 bridgehead atoms.